The van der Waals surface area contributed by atoms with E-state index in [2.05, 4.69) is 49.4 Å². The van der Waals surface area contributed by atoms with Crippen LogP contribution in [0.2, 0.25) is 0 Å². The first-order valence-corrected chi connectivity index (χ1v) is 9.39. The molecule has 0 aliphatic rings. The van der Waals surface area contributed by atoms with Crippen molar-refractivity contribution < 1.29 is 14.3 Å². The molecule has 0 aliphatic heterocycles. The Morgan fingerprint density at radius 1 is 0.880 bits per heavy atom. The third-order valence-corrected chi connectivity index (χ3v) is 3.34. The highest BCUT2D eigenvalue weighted by Crippen LogP contribution is 2.08. The van der Waals surface area contributed by atoms with Crippen molar-refractivity contribution >= 4 is 5.97 Å². The number of esters is 1. The van der Waals surface area contributed by atoms with Gasteiger partial charge in [-0.3, -0.25) is 0 Å². The summed E-state index contributed by atoms with van der Waals surface area (Å²) >= 11 is 0. The maximum Gasteiger partial charge on any atom is 0.384 e. The fourth-order valence-electron chi connectivity index (χ4n) is 1.88. The van der Waals surface area contributed by atoms with Gasteiger partial charge in [-0.1, -0.05) is 32.6 Å². The van der Waals surface area contributed by atoms with E-state index in [-0.39, 0.29) is 12.5 Å². The first-order chi connectivity index (χ1) is 12.2. The summed E-state index contributed by atoms with van der Waals surface area (Å²) in [6, 6.07) is 0. The summed E-state index contributed by atoms with van der Waals surface area (Å²) in [5, 5.41) is 0. The smallest absolute Gasteiger partial charge is 0.384 e. The van der Waals surface area contributed by atoms with E-state index >= 15 is 0 Å². The molecule has 0 aromatic heterocycles. The molecule has 0 aromatic rings. The normalized spacial score (nSPS) is 9.28. The van der Waals surface area contributed by atoms with Gasteiger partial charge < -0.3 is 9.47 Å². The molecule has 0 amide bonds. The zero-order valence-corrected chi connectivity index (χ0v) is 16.1. The summed E-state index contributed by atoms with van der Waals surface area (Å²) in [5.74, 6) is 17.8. The van der Waals surface area contributed by atoms with Crippen molar-refractivity contribution in [2.45, 2.75) is 72.1 Å². The van der Waals surface area contributed by atoms with Gasteiger partial charge in [0.25, 0.3) is 0 Å². The van der Waals surface area contributed by atoms with Crippen LogP contribution in [-0.2, 0) is 14.3 Å². The van der Waals surface area contributed by atoms with Crippen LogP contribution in [-0.4, -0.2) is 25.8 Å². The number of carbonyl (C=O) groups is 1. The summed E-state index contributed by atoms with van der Waals surface area (Å²) in [7, 11) is 0. The summed E-state index contributed by atoms with van der Waals surface area (Å²) in [6.45, 7) is 7.21. The van der Waals surface area contributed by atoms with Gasteiger partial charge in [0.1, 0.15) is 6.61 Å². The quantitative estimate of drug-likeness (QED) is 0.256. The van der Waals surface area contributed by atoms with Gasteiger partial charge in [-0.25, -0.2) is 4.79 Å². The highest BCUT2D eigenvalue weighted by molar-refractivity contribution is 5.88. The number of rotatable bonds is 10. The molecule has 25 heavy (non-hydrogen) atoms. The van der Waals surface area contributed by atoms with Crippen LogP contribution in [0.25, 0.3) is 0 Å². The number of carbonyl (C=O) groups excluding carboxylic acids is 1. The average Bonchev–Trinajstić information content (AvgIpc) is 2.60. The Bertz CT molecular complexity index is 489. The lowest BCUT2D eigenvalue weighted by Gasteiger charge is -2.10. The summed E-state index contributed by atoms with van der Waals surface area (Å²) in [4.78, 5) is 11.1. The van der Waals surface area contributed by atoms with Gasteiger partial charge >= 0.3 is 5.97 Å². The third kappa shape index (κ3) is 16.7. The molecule has 0 atom stereocenters. The number of hydrogen-bond acceptors (Lipinski definition) is 3. The Labute approximate surface area is 154 Å². The molecule has 0 saturated carbocycles. The van der Waals surface area contributed by atoms with Crippen LogP contribution in [0, 0.1) is 41.4 Å². The number of unbranched alkanes of at least 4 members (excludes halogenated alkanes) is 4. The molecular formula is C22H32O3. The minimum atomic E-state index is -0.508. The fraction of sp³-hybridized carbons (Fsp3) is 0.682. The van der Waals surface area contributed by atoms with Crippen LogP contribution in [0.3, 0.4) is 0 Å². The van der Waals surface area contributed by atoms with Gasteiger partial charge in [0, 0.05) is 37.5 Å². The second-order valence-electron chi connectivity index (χ2n) is 5.73. The predicted molar refractivity (Wildman–Crippen MR) is 103 cm³/mol. The Morgan fingerprint density at radius 2 is 1.48 bits per heavy atom. The molecule has 3 heteroatoms. The van der Waals surface area contributed by atoms with Crippen LogP contribution >= 0.6 is 0 Å². The molecule has 0 radical (unpaired) electrons. The Hall–Kier alpha value is -1.89. The standard InChI is InChI=1S/C22H32O3/c1-4-7-9-11-13-16-21(17-14-12-10-8-5-2)20-24-19-15-18-22(23)25-6-3/h21H,4-10,16-17,19-20H2,1-3H3. The van der Waals surface area contributed by atoms with Crippen molar-refractivity contribution in [1.82, 2.24) is 0 Å². The van der Waals surface area contributed by atoms with E-state index in [4.69, 9.17) is 9.47 Å². The topological polar surface area (TPSA) is 35.5 Å². The minimum Gasteiger partial charge on any atom is -0.456 e. The van der Waals surface area contributed by atoms with E-state index in [1.54, 1.807) is 6.92 Å². The molecule has 0 bridgehead atoms. The van der Waals surface area contributed by atoms with Crippen molar-refractivity contribution in [2.75, 3.05) is 19.8 Å². The number of hydrogen-bond donors (Lipinski definition) is 0. The van der Waals surface area contributed by atoms with Gasteiger partial charge in [-0.05, 0) is 19.8 Å². The van der Waals surface area contributed by atoms with E-state index in [0.29, 0.717) is 13.2 Å². The van der Waals surface area contributed by atoms with E-state index in [0.717, 1.165) is 38.5 Å². The first kappa shape index (κ1) is 23.1. The second kappa shape index (κ2) is 18.4. The van der Waals surface area contributed by atoms with Crippen LogP contribution in [0.5, 0.6) is 0 Å². The van der Waals surface area contributed by atoms with E-state index in [1.807, 2.05) is 0 Å². The van der Waals surface area contributed by atoms with Crippen LogP contribution < -0.4 is 0 Å². The second-order valence-corrected chi connectivity index (χ2v) is 5.73. The van der Waals surface area contributed by atoms with Gasteiger partial charge in [0.05, 0.1) is 13.2 Å². The summed E-state index contributed by atoms with van der Waals surface area (Å²) in [6.07, 6.45) is 8.12. The van der Waals surface area contributed by atoms with Crippen molar-refractivity contribution in [1.29, 1.82) is 0 Å². The van der Waals surface area contributed by atoms with Crippen molar-refractivity contribution in [3.05, 3.63) is 0 Å². The molecule has 0 heterocycles. The number of ether oxygens (including phenoxy) is 2. The Morgan fingerprint density at radius 3 is 2.00 bits per heavy atom. The molecule has 0 spiro atoms. The summed E-state index contributed by atoms with van der Waals surface area (Å²) < 4.78 is 10.3. The zero-order chi connectivity index (χ0) is 18.6. The van der Waals surface area contributed by atoms with Crippen LogP contribution in [0.1, 0.15) is 72.1 Å². The van der Waals surface area contributed by atoms with Crippen molar-refractivity contribution in [3.8, 4) is 35.5 Å². The molecule has 0 N–H and O–H groups in total. The molecule has 0 rings (SSSR count). The predicted octanol–water partition coefficient (Wildman–Crippen LogP) is 4.35. The fourth-order valence-corrected chi connectivity index (χ4v) is 1.88. The highest BCUT2D eigenvalue weighted by atomic mass is 16.5. The zero-order valence-electron chi connectivity index (χ0n) is 16.1. The molecule has 0 aromatic carbocycles. The van der Waals surface area contributed by atoms with Gasteiger partial charge in [-0.2, -0.15) is 0 Å². The van der Waals surface area contributed by atoms with Gasteiger partial charge in [0.2, 0.25) is 0 Å². The molecule has 0 fully saturated rings. The molecule has 138 valence electrons. The molecular weight excluding hydrogens is 312 g/mol. The monoisotopic (exact) mass is 344 g/mol. The SMILES string of the molecule is CCCCC#CCC(CC#CCCCC)COCC#CC(=O)OCC. The van der Waals surface area contributed by atoms with Crippen LogP contribution in [0.4, 0.5) is 0 Å². The van der Waals surface area contributed by atoms with E-state index in [1.165, 1.54) is 12.8 Å². The van der Waals surface area contributed by atoms with Crippen molar-refractivity contribution in [2.24, 2.45) is 5.92 Å². The first-order valence-electron chi connectivity index (χ1n) is 9.39. The molecule has 0 saturated heterocycles. The van der Waals surface area contributed by atoms with Gasteiger partial charge in [-0.15, -0.1) is 23.7 Å². The molecule has 3 nitrogen and oxygen atoms in total. The lowest BCUT2D eigenvalue weighted by atomic mass is 10.0. The Balaban J connectivity index is 4.27. The average molecular weight is 344 g/mol. The lowest BCUT2D eigenvalue weighted by molar-refractivity contribution is -0.136. The van der Waals surface area contributed by atoms with Gasteiger partial charge in [0.15, 0.2) is 0 Å². The van der Waals surface area contributed by atoms with Crippen LogP contribution in [0.15, 0.2) is 0 Å². The largest absolute Gasteiger partial charge is 0.456 e. The maximum absolute atomic E-state index is 11.1. The summed E-state index contributed by atoms with van der Waals surface area (Å²) in [5.41, 5.74) is 0. The third-order valence-electron chi connectivity index (χ3n) is 3.34. The highest BCUT2D eigenvalue weighted by Gasteiger charge is 2.05. The lowest BCUT2D eigenvalue weighted by Crippen LogP contribution is -2.09. The maximum atomic E-state index is 11.1. The van der Waals surface area contributed by atoms with E-state index in [9.17, 15) is 4.79 Å². The van der Waals surface area contributed by atoms with Crippen molar-refractivity contribution in [3.63, 3.8) is 0 Å². The molecule has 0 aliphatic carbocycles. The Kier molecular flexibility index (Phi) is 17.1. The minimum absolute atomic E-state index is 0.224. The molecule has 0 unspecified atom stereocenters. The van der Waals surface area contributed by atoms with E-state index < -0.39 is 5.97 Å².